The second kappa shape index (κ2) is 6.19. The second-order valence-corrected chi connectivity index (χ2v) is 4.84. The summed E-state index contributed by atoms with van der Waals surface area (Å²) >= 11 is 3.26. The fourth-order valence-corrected chi connectivity index (χ4v) is 2.01. The van der Waals surface area contributed by atoms with Crippen LogP contribution in [0.4, 0.5) is 4.79 Å². The molecule has 0 aromatic heterocycles. The summed E-state index contributed by atoms with van der Waals surface area (Å²) in [6.07, 6.45) is 1.29. The highest BCUT2D eigenvalue weighted by molar-refractivity contribution is 9.10. The minimum Gasteiger partial charge on any atom is -0.478 e. The Morgan fingerprint density at radius 3 is 2.52 bits per heavy atom. The van der Waals surface area contributed by atoms with Gasteiger partial charge < -0.3 is 4.74 Å². The first kappa shape index (κ1) is 14.7. The molecule has 2 N–H and O–H groups in total. The Labute approximate surface area is 127 Å². The molecule has 0 radical (unpaired) electrons. The van der Waals surface area contributed by atoms with E-state index in [1.54, 1.807) is 18.2 Å². The highest BCUT2D eigenvalue weighted by Crippen LogP contribution is 2.26. The van der Waals surface area contributed by atoms with Crippen LogP contribution < -0.4 is 15.4 Å². The Morgan fingerprint density at radius 1 is 1.24 bits per heavy atom. The molecule has 1 aliphatic rings. The number of halogens is 1. The maximum Gasteiger partial charge on any atom is 0.328 e. The Bertz CT molecular complexity index is 684. The molecule has 4 amide bonds. The molecule has 1 saturated heterocycles. The number of barbiturate groups is 1. The summed E-state index contributed by atoms with van der Waals surface area (Å²) in [5.74, 6) is -1.25. The first-order valence-electron chi connectivity index (χ1n) is 5.69. The fraction of sp³-hybridized carbons (Fsp3) is 0.0769. The van der Waals surface area contributed by atoms with Crippen LogP contribution in [-0.4, -0.2) is 24.5 Å². The second-order valence-electron chi connectivity index (χ2n) is 3.92. The van der Waals surface area contributed by atoms with Crippen LogP contribution in [0.3, 0.4) is 0 Å². The quantitative estimate of drug-likeness (QED) is 0.627. The number of carbonyl (C=O) groups excluding carboxylic acids is 3. The lowest BCUT2D eigenvalue weighted by Gasteiger charge is -2.14. The summed E-state index contributed by atoms with van der Waals surface area (Å²) < 4.78 is 5.92. The molecule has 1 fully saturated rings. The van der Waals surface area contributed by atoms with Crippen LogP contribution in [0.5, 0.6) is 5.75 Å². The average Bonchev–Trinajstić information content (AvgIpc) is 2.42. The van der Waals surface area contributed by atoms with Crippen molar-refractivity contribution in [3.8, 4) is 11.8 Å². The Balaban J connectivity index is 2.41. The summed E-state index contributed by atoms with van der Waals surface area (Å²) in [4.78, 5) is 34.3. The SMILES string of the molecule is N#CCOc1ccc(Br)cc1C=C1C(=O)NC(=O)NC1=O. The van der Waals surface area contributed by atoms with Gasteiger partial charge in [0, 0.05) is 10.0 Å². The molecule has 21 heavy (non-hydrogen) atoms. The number of nitrogens with one attached hydrogen (secondary N) is 2. The van der Waals surface area contributed by atoms with E-state index >= 15 is 0 Å². The van der Waals surface area contributed by atoms with Crippen molar-refractivity contribution in [3.05, 3.63) is 33.8 Å². The molecule has 0 saturated carbocycles. The van der Waals surface area contributed by atoms with Crippen molar-refractivity contribution in [2.45, 2.75) is 0 Å². The molecule has 7 nitrogen and oxygen atoms in total. The van der Waals surface area contributed by atoms with Gasteiger partial charge in [0.1, 0.15) is 17.4 Å². The zero-order valence-corrected chi connectivity index (χ0v) is 12.1. The van der Waals surface area contributed by atoms with Gasteiger partial charge in [0.2, 0.25) is 0 Å². The third-order valence-corrected chi connectivity index (χ3v) is 3.00. The standard InChI is InChI=1S/C13H8BrN3O4/c14-8-1-2-10(21-4-3-15)7(5-8)6-9-11(18)16-13(20)17-12(9)19/h1-2,5-6H,4H2,(H2,16,17,18,19,20). The molecule has 106 valence electrons. The summed E-state index contributed by atoms with van der Waals surface area (Å²) in [6, 6.07) is 5.87. The van der Waals surface area contributed by atoms with E-state index in [9.17, 15) is 14.4 Å². The van der Waals surface area contributed by atoms with Gasteiger partial charge in [-0.15, -0.1) is 0 Å². The third kappa shape index (κ3) is 3.46. The molecule has 0 bridgehead atoms. The molecule has 0 atom stereocenters. The minimum absolute atomic E-state index is 0.172. The van der Waals surface area contributed by atoms with Gasteiger partial charge in [-0.3, -0.25) is 20.2 Å². The predicted octanol–water partition coefficient (Wildman–Crippen LogP) is 1.10. The summed E-state index contributed by atoms with van der Waals surface area (Å²) in [7, 11) is 0. The molecule has 1 aromatic carbocycles. The van der Waals surface area contributed by atoms with E-state index in [1.165, 1.54) is 6.08 Å². The van der Waals surface area contributed by atoms with Crippen LogP contribution in [0.1, 0.15) is 5.56 Å². The number of hydrogen-bond acceptors (Lipinski definition) is 5. The van der Waals surface area contributed by atoms with Crippen molar-refractivity contribution in [1.82, 2.24) is 10.6 Å². The van der Waals surface area contributed by atoms with Crippen molar-refractivity contribution in [2.75, 3.05) is 6.61 Å². The smallest absolute Gasteiger partial charge is 0.328 e. The predicted molar refractivity (Wildman–Crippen MR) is 74.9 cm³/mol. The Kier molecular flexibility index (Phi) is 4.35. The Morgan fingerprint density at radius 2 is 1.90 bits per heavy atom. The highest BCUT2D eigenvalue weighted by Gasteiger charge is 2.28. The average molecular weight is 350 g/mol. The third-order valence-electron chi connectivity index (χ3n) is 2.51. The molecule has 0 unspecified atom stereocenters. The number of urea groups is 1. The van der Waals surface area contributed by atoms with Gasteiger partial charge in [0.15, 0.2) is 6.61 Å². The number of ether oxygens (including phenoxy) is 1. The number of amides is 4. The summed E-state index contributed by atoms with van der Waals surface area (Å²) in [5.41, 5.74) is 0.198. The van der Waals surface area contributed by atoms with Crippen molar-refractivity contribution >= 4 is 39.9 Å². The number of imide groups is 2. The van der Waals surface area contributed by atoms with Crippen LogP contribution in [-0.2, 0) is 9.59 Å². The lowest BCUT2D eigenvalue weighted by molar-refractivity contribution is -0.123. The molecular weight excluding hydrogens is 342 g/mol. The molecule has 2 rings (SSSR count). The van der Waals surface area contributed by atoms with Crippen molar-refractivity contribution in [2.24, 2.45) is 0 Å². The van der Waals surface area contributed by atoms with Crippen LogP contribution in [0.25, 0.3) is 6.08 Å². The van der Waals surface area contributed by atoms with Gasteiger partial charge in [-0.1, -0.05) is 15.9 Å². The van der Waals surface area contributed by atoms with E-state index in [0.717, 1.165) is 0 Å². The van der Waals surface area contributed by atoms with Gasteiger partial charge in [-0.05, 0) is 24.3 Å². The summed E-state index contributed by atoms with van der Waals surface area (Å²) in [5, 5.41) is 12.5. The molecule has 1 aromatic rings. The van der Waals surface area contributed by atoms with E-state index in [0.29, 0.717) is 15.8 Å². The maximum absolute atomic E-state index is 11.7. The van der Waals surface area contributed by atoms with Gasteiger partial charge in [0.25, 0.3) is 11.8 Å². The number of nitrogens with zero attached hydrogens (tertiary/aromatic N) is 1. The number of benzene rings is 1. The highest BCUT2D eigenvalue weighted by atomic mass is 79.9. The van der Waals surface area contributed by atoms with Crippen molar-refractivity contribution < 1.29 is 19.1 Å². The van der Waals surface area contributed by atoms with Crippen LogP contribution in [0.15, 0.2) is 28.2 Å². The summed E-state index contributed by atoms with van der Waals surface area (Å²) in [6.45, 7) is -0.172. The molecule has 1 aliphatic heterocycles. The number of nitriles is 1. The van der Waals surface area contributed by atoms with Crippen LogP contribution in [0.2, 0.25) is 0 Å². The van der Waals surface area contributed by atoms with E-state index in [-0.39, 0.29) is 12.2 Å². The molecule has 1 heterocycles. The number of hydrogen-bond donors (Lipinski definition) is 2. The molecule has 0 spiro atoms. The Hall–Kier alpha value is -2.66. The van der Waals surface area contributed by atoms with Gasteiger partial charge in [-0.25, -0.2) is 4.79 Å². The van der Waals surface area contributed by atoms with Crippen LogP contribution >= 0.6 is 15.9 Å². The number of rotatable bonds is 3. The van der Waals surface area contributed by atoms with Crippen molar-refractivity contribution in [3.63, 3.8) is 0 Å². The lowest BCUT2D eigenvalue weighted by atomic mass is 10.1. The largest absolute Gasteiger partial charge is 0.478 e. The lowest BCUT2D eigenvalue weighted by Crippen LogP contribution is -2.51. The van der Waals surface area contributed by atoms with Gasteiger partial charge in [-0.2, -0.15) is 5.26 Å². The maximum atomic E-state index is 11.7. The normalized spacial score (nSPS) is 14.1. The molecular formula is C13H8BrN3O4. The van der Waals surface area contributed by atoms with Gasteiger partial charge in [0.05, 0.1) is 0 Å². The zero-order chi connectivity index (χ0) is 15.4. The van der Waals surface area contributed by atoms with Crippen molar-refractivity contribution in [1.29, 1.82) is 5.26 Å². The zero-order valence-electron chi connectivity index (χ0n) is 10.5. The van der Waals surface area contributed by atoms with E-state index in [1.807, 2.05) is 16.7 Å². The van der Waals surface area contributed by atoms with Gasteiger partial charge >= 0.3 is 6.03 Å². The topological polar surface area (TPSA) is 108 Å². The van der Waals surface area contributed by atoms with E-state index in [2.05, 4.69) is 15.9 Å². The molecule has 8 heteroatoms. The first-order chi connectivity index (χ1) is 10.0. The van der Waals surface area contributed by atoms with E-state index < -0.39 is 17.8 Å². The first-order valence-corrected chi connectivity index (χ1v) is 6.48. The minimum atomic E-state index is -0.864. The van der Waals surface area contributed by atoms with Crippen LogP contribution in [0, 0.1) is 11.3 Å². The number of carbonyl (C=O) groups is 3. The monoisotopic (exact) mass is 349 g/mol. The molecule has 0 aliphatic carbocycles. The fourth-order valence-electron chi connectivity index (χ4n) is 1.64. The van der Waals surface area contributed by atoms with E-state index in [4.69, 9.17) is 10.00 Å².